The van der Waals surface area contributed by atoms with Crippen LogP contribution in [0.3, 0.4) is 0 Å². The molecule has 0 radical (unpaired) electrons. The number of nitrogens with zero attached hydrogens (tertiary/aromatic N) is 3. The quantitative estimate of drug-likeness (QED) is 0.304. The zero-order valence-electron chi connectivity index (χ0n) is 17.6. The van der Waals surface area contributed by atoms with Crippen molar-refractivity contribution >= 4 is 46.3 Å². The van der Waals surface area contributed by atoms with Gasteiger partial charge in [-0.2, -0.15) is 0 Å². The Labute approximate surface area is 195 Å². The molecule has 3 heterocycles. The first-order valence-electron chi connectivity index (χ1n) is 10.3. The maximum absolute atomic E-state index is 5.70. The third-order valence-corrected chi connectivity index (χ3v) is 6.39. The Kier molecular flexibility index (Phi) is 10.3. The highest BCUT2D eigenvalue weighted by molar-refractivity contribution is 14.0. The smallest absolute Gasteiger partial charge is 0.191 e. The number of furan rings is 1. The molecular weight excluding hydrogens is 497 g/mol. The molecule has 2 N–H and O–H groups in total. The van der Waals surface area contributed by atoms with Crippen LogP contribution in [0.15, 0.2) is 45.3 Å². The van der Waals surface area contributed by atoms with Gasteiger partial charge in [0.05, 0.1) is 17.3 Å². The Morgan fingerprint density at radius 2 is 2.03 bits per heavy atom. The minimum Gasteiger partial charge on any atom is -0.468 e. The SMILES string of the molecule is CCN(CC)C(CNC(=NC)NC1CCN(c2cccs2)CC1)c1ccco1.I. The number of nitrogens with one attached hydrogen (secondary N) is 2. The zero-order chi connectivity index (χ0) is 19.8. The molecule has 162 valence electrons. The summed E-state index contributed by atoms with van der Waals surface area (Å²) in [5.41, 5.74) is 0. The minimum absolute atomic E-state index is 0. The number of aliphatic imine (C=N–C) groups is 1. The van der Waals surface area contributed by atoms with Gasteiger partial charge in [0.2, 0.25) is 0 Å². The molecule has 1 atom stereocenters. The van der Waals surface area contributed by atoms with Gasteiger partial charge in [-0.25, -0.2) is 0 Å². The molecule has 0 bridgehead atoms. The predicted molar refractivity (Wildman–Crippen MR) is 134 cm³/mol. The highest BCUT2D eigenvalue weighted by Gasteiger charge is 2.23. The lowest BCUT2D eigenvalue weighted by atomic mass is 10.1. The lowest BCUT2D eigenvalue weighted by Gasteiger charge is -2.34. The molecule has 2 aromatic rings. The summed E-state index contributed by atoms with van der Waals surface area (Å²) in [4.78, 5) is 9.33. The van der Waals surface area contributed by atoms with Gasteiger partial charge in [-0.05, 0) is 55.6 Å². The van der Waals surface area contributed by atoms with Crippen molar-refractivity contribution in [2.24, 2.45) is 4.99 Å². The van der Waals surface area contributed by atoms with E-state index in [0.29, 0.717) is 6.04 Å². The van der Waals surface area contributed by atoms with E-state index in [1.165, 1.54) is 5.00 Å². The van der Waals surface area contributed by atoms with Gasteiger partial charge in [0.1, 0.15) is 5.76 Å². The predicted octanol–water partition coefficient (Wildman–Crippen LogP) is 4.18. The largest absolute Gasteiger partial charge is 0.468 e. The van der Waals surface area contributed by atoms with Crippen molar-refractivity contribution in [3.05, 3.63) is 41.7 Å². The van der Waals surface area contributed by atoms with Crippen LogP contribution in [-0.2, 0) is 0 Å². The molecule has 29 heavy (non-hydrogen) atoms. The average Bonchev–Trinajstić information content (AvgIpc) is 3.45. The van der Waals surface area contributed by atoms with Gasteiger partial charge < -0.3 is 20.0 Å². The Hall–Kier alpha value is -1.26. The summed E-state index contributed by atoms with van der Waals surface area (Å²) in [5.74, 6) is 1.87. The third-order valence-electron chi connectivity index (χ3n) is 5.46. The van der Waals surface area contributed by atoms with Crippen LogP contribution >= 0.6 is 35.3 Å². The highest BCUT2D eigenvalue weighted by Crippen LogP contribution is 2.25. The fraction of sp³-hybridized carbons (Fsp3) is 0.571. The van der Waals surface area contributed by atoms with Crippen LogP contribution in [0, 0.1) is 0 Å². The standard InChI is InChI=1S/C21H33N5OS.HI/c1-4-25(5-2)18(19-8-6-14-27-19)16-23-21(22-3)24-17-10-12-26(13-11-17)20-9-7-15-28-20;/h6-9,14-15,17-18H,4-5,10-13,16H2,1-3H3,(H2,22,23,24);1H. The molecule has 1 fully saturated rings. The number of guanidine groups is 1. The van der Waals surface area contributed by atoms with E-state index in [-0.39, 0.29) is 30.0 Å². The van der Waals surface area contributed by atoms with Crippen molar-refractivity contribution in [2.75, 3.05) is 44.7 Å². The molecule has 2 aromatic heterocycles. The first-order valence-corrected chi connectivity index (χ1v) is 11.2. The molecule has 0 spiro atoms. The lowest BCUT2D eigenvalue weighted by molar-refractivity contribution is 0.193. The molecule has 3 rings (SSSR count). The maximum Gasteiger partial charge on any atom is 0.191 e. The van der Waals surface area contributed by atoms with Crippen molar-refractivity contribution in [1.82, 2.24) is 15.5 Å². The molecule has 1 aliphatic heterocycles. The molecule has 0 aliphatic carbocycles. The first-order chi connectivity index (χ1) is 13.7. The molecule has 1 saturated heterocycles. The molecule has 0 saturated carbocycles. The number of hydrogen-bond acceptors (Lipinski definition) is 5. The Morgan fingerprint density at radius 1 is 1.28 bits per heavy atom. The van der Waals surface area contributed by atoms with Gasteiger partial charge in [0.25, 0.3) is 0 Å². The number of thiophene rings is 1. The molecule has 1 aliphatic rings. The van der Waals surface area contributed by atoms with Gasteiger partial charge in [0, 0.05) is 32.7 Å². The van der Waals surface area contributed by atoms with Crippen molar-refractivity contribution in [1.29, 1.82) is 0 Å². The number of halogens is 1. The van der Waals surface area contributed by atoms with Crippen LogP contribution in [-0.4, -0.2) is 56.7 Å². The molecular formula is C21H34IN5OS. The lowest BCUT2D eigenvalue weighted by Crippen LogP contribution is -2.50. The van der Waals surface area contributed by atoms with Gasteiger partial charge >= 0.3 is 0 Å². The summed E-state index contributed by atoms with van der Waals surface area (Å²) in [6.45, 7) is 9.28. The second-order valence-corrected chi connectivity index (χ2v) is 7.99. The topological polar surface area (TPSA) is 56.0 Å². The summed E-state index contributed by atoms with van der Waals surface area (Å²) in [5, 5.41) is 10.7. The van der Waals surface area contributed by atoms with E-state index in [9.17, 15) is 0 Å². The average molecular weight is 532 g/mol. The second-order valence-electron chi connectivity index (χ2n) is 7.06. The second kappa shape index (κ2) is 12.4. The van der Waals surface area contributed by atoms with Gasteiger partial charge in [0.15, 0.2) is 5.96 Å². The van der Waals surface area contributed by atoms with E-state index in [2.05, 4.69) is 62.9 Å². The van der Waals surface area contributed by atoms with Gasteiger partial charge in [-0.1, -0.05) is 13.8 Å². The molecule has 8 heteroatoms. The number of hydrogen-bond donors (Lipinski definition) is 2. The maximum atomic E-state index is 5.70. The van der Waals surface area contributed by atoms with Crippen molar-refractivity contribution in [3.8, 4) is 0 Å². The van der Waals surface area contributed by atoms with E-state index < -0.39 is 0 Å². The monoisotopic (exact) mass is 531 g/mol. The number of piperidine rings is 1. The minimum atomic E-state index is 0. The zero-order valence-corrected chi connectivity index (χ0v) is 20.8. The summed E-state index contributed by atoms with van der Waals surface area (Å²) < 4.78 is 5.70. The third kappa shape index (κ3) is 6.62. The summed E-state index contributed by atoms with van der Waals surface area (Å²) in [7, 11) is 1.84. The van der Waals surface area contributed by atoms with Crippen LogP contribution in [0.5, 0.6) is 0 Å². The fourth-order valence-corrected chi connectivity index (χ4v) is 4.62. The molecule has 1 unspecified atom stereocenters. The van der Waals surface area contributed by atoms with Gasteiger partial charge in [-0.3, -0.25) is 9.89 Å². The summed E-state index contributed by atoms with van der Waals surface area (Å²) >= 11 is 1.82. The summed E-state index contributed by atoms with van der Waals surface area (Å²) in [6, 6.07) is 9.01. The summed E-state index contributed by atoms with van der Waals surface area (Å²) in [6.07, 6.45) is 3.99. The fourth-order valence-electron chi connectivity index (χ4n) is 3.83. The van der Waals surface area contributed by atoms with Crippen molar-refractivity contribution in [2.45, 2.75) is 38.8 Å². The van der Waals surface area contributed by atoms with E-state index in [1.54, 1.807) is 6.26 Å². The van der Waals surface area contributed by atoms with Crippen LogP contribution in [0.2, 0.25) is 0 Å². The van der Waals surface area contributed by atoms with Crippen LogP contribution in [0.4, 0.5) is 5.00 Å². The van der Waals surface area contributed by atoms with Crippen LogP contribution < -0.4 is 15.5 Å². The van der Waals surface area contributed by atoms with E-state index in [0.717, 1.165) is 57.3 Å². The Balaban J connectivity index is 0.00000300. The molecule has 6 nitrogen and oxygen atoms in total. The molecule has 0 amide bonds. The van der Waals surface area contributed by atoms with Crippen molar-refractivity contribution < 1.29 is 4.42 Å². The number of rotatable bonds is 8. The van der Waals surface area contributed by atoms with Crippen LogP contribution in [0.1, 0.15) is 38.5 Å². The Bertz CT molecular complexity index is 695. The van der Waals surface area contributed by atoms with E-state index in [1.807, 2.05) is 24.5 Å². The normalized spacial score (nSPS) is 16.6. The van der Waals surface area contributed by atoms with Gasteiger partial charge in [-0.15, -0.1) is 35.3 Å². The Morgan fingerprint density at radius 3 is 2.59 bits per heavy atom. The van der Waals surface area contributed by atoms with E-state index >= 15 is 0 Å². The molecule has 0 aromatic carbocycles. The first kappa shape index (κ1) is 24.0. The number of likely N-dealkylation sites (N-methyl/N-ethyl adjacent to an activating group) is 1. The number of anilines is 1. The van der Waals surface area contributed by atoms with E-state index in [4.69, 9.17) is 4.42 Å². The highest BCUT2D eigenvalue weighted by atomic mass is 127. The van der Waals surface area contributed by atoms with Crippen LogP contribution in [0.25, 0.3) is 0 Å². The van der Waals surface area contributed by atoms with Crippen molar-refractivity contribution in [3.63, 3.8) is 0 Å².